The van der Waals surface area contributed by atoms with Gasteiger partial charge >= 0.3 is 0 Å². The van der Waals surface area contributed by atoms with Crippen molar-refractivity contribution in [3.63, 3.8) is 0 Å². The van der Waals surface area contributed by atoms with Gasteiger partial charge in [-0.15, -0.1) is 0 Å². The van der Waals surface area contributed by atoms with Gasteiger partial charge in [0.1, 0.15) is 5.75 Å². The molecule has 0 aliphatic heterocycles. The van der Waals surface area contributed by atoms with Gasteiger partial charge in [-0.25, -0.2) is 0 Å². The highest BCUT2D eigenvalue weighted by Gasteiger charge is 2.17. The number of benzene rings is 1. The molecule has 0 aliphatic carbocycles. The van der Waals surface area contributed by atoms with Crippen LogP contribution in [-0.2, 0) is 13.5 Å². The van der Waals surface area contributed by atoms with Crippen molar-refractivity contribution in [3.8, 4) is 5.75 Å². The maximum atomic E-state index is 10.4. The number of aliphatic hydroxyl groups excluding tert-OH is 1. The van der Waals surface area contributed by atoms with E-state index >= 15 is 0 Å². The average molecular weight is 339 g/mol. The van der Waals surface area contributed by atoms with E-state index in [9.17, 15) is 5.11 Å². The first-order chi connectivity index (χ1) is 9.43. The third kappa shape index (κ3) is 2.88. The lowest BCUT2D eigenvalue weighted by Gasteiger charge is -2.14. The number of halogens is 1. The van der Waals surface area contributed by atoms with E-state index in [-0.39, 0.29) is 0 Å². The average Bonchev–Trinajstić information content (AvgIpc) is 2.65. The van der Waals surface area contributed by atoms with Crippen molar-refractivity contribution in [3.05, 3.63) is 45.2 Å². The normalized spacial score (nSPS) is 12.5. The molecule has 5 heteroatoms. The molecule has 20 heavy (non-hydrogen) atoms. The SMILES string of the molecule is COc1ccc(C(O)Cc2c(Br)c(C)nn2C)cc1C. The predicted octanol–water partition coefficient (Wildman–Crippen LogP) is 3.08. The molecule has 1 N–H and O–H groups in total. The Labute approximate surface area is 127 Å². The fourth-order valence-corrected chi connectivity index (χ4v) is 2.81. The van der Waals surface area contributed by atoms with E-state index in [4.69, 9.17) is 4.74 Å². The third-order valence-corrected chi connectivity index (χ3v) is 4.48. The van der Waals surface area contributed by atoms with Crippen molar-refractivity contribution in [1.82, 2.24) is 9.78 Å². The van der Waals surface area contributed by atoms with Gasteiger partial charge < -0.3 is 9.84 Å². The molecule has 2 aromatic rings. The molecule has 0 fully saturated rings. The van der Waals surface area contributed by atoms with Crippen LogP contribution in [0.25, 0.3) is 0 Å². The first kappa shape index (κ1) is 15.1. The van der Waals surface area contributed by atoms with Gasteiger partial charge in [0.2, 0.25) is 0 Å². The van der Waals surface area contributed by atoms with Gasteiger partial charge in [-0.05, 0) is 53.0 Å². The van der Waals surface area contributed by atoms with Crippen molar-refractivity contribution in [2.24, 2.45) is 7.05 Å². The number of rotatable bonds is 4. The van der Waals surface area contributed by atoms with Crippen LogP contribution >= 0.6 is 15.9 Å². The second-order valence-electron chi connectivity index (χ2n) is 4.92. The highest BCUT2D eigenvalue weighted by Crippen LogP contribution is 2.28. The number of aromatic nitrogens is 2. The summed E-state index contributed by atoms with van der Waals surface area (Å²) in [5.74, 6) is 0.832. The minimum Gasteiger partial charge on any atom is -0.496 e. The van der Waals surface area contributed by atoms with Crippen LogP contribution in [0.3, 0.4) is 0 Å². The zero-order valence-electron chi connectivity index (χ0n) is 12.1. The molecule has 2 rings (SSSR count). The highest BCUT2D eigenvalue weighted by atomic mass is 79.9. The third-order valence-electron chi connectivity index (χ3n) is 3.45. The Bertz CT molecular complexity index is 623. The van der Waals surface area contributed by atoms with Crippen molar-refractivity contribution in [2.75, 3.05) is 7.11 Å². The lowest BCUT2D eigenvalue weighted by atomic mass is 10.0. The van der Waals surface area contributed by atoms with Gasteiger partial charge in [-0.2, -0.15) is 5.10 Å². The van der Waals surface area contributed by atoms with E-state index < -0.39 is 6.10 Å². The van der Waals surface area contributed by atoms with Gasteiger partial charge in [0.25, 0.3) is 0 Å². The van der Waals surface area contributed by atoms with Gasteiger partial charge in [-0.1, -0.05) is 6.07 Å². The van der Waals surface area contributed by atoms with Crippen molar-refractivity contribution in [1.29, 1.82) is 0 Å². The van der Waals surface area contributed by atoms with Crippen molar-refractivity contribution in [2.45, 2.75) is 26.4 Å². The van der Waals surface area contributed by atoms with E-state index in [1.165, 1.54) is 0 Å². The Hall–Kier alpha value is -1.33. The summed E-state index contributed by atoms with van der Waals surface area (Å²) < 4.78 is 8.00. The number of nitrogens with zero attached hydrogens (tertiary/aromatic N) is 2. The van der Waals surface area contributed by atoms with Crippen molar-refractivity contribution < 1.29 is 9.84 Å². The van der Waals surface area contributed by atoms with E-state index in [1.54, 1.807) is 11.8 Å². The number of aliphatic hydroxyl groups is 1. The summed E-state index contributed by atoms with van der Waals surface area (Å²) in [5, 5.41) is 14.8. The van der Waals surface area contributed by atoms with Crippen LogP contribution in [0.5, 0.6) is 5.75 Å². The number of methoxy groups -OCH3 is 1. The Morgan fingerprint density at radius 3 is 2.60 bits per heavy atom. The van der Waals surface area contributed by atoms with E-state index in [0.29, 0.717) is 6.42 Å². The smallest absolute Gasteiger partial charge is 0.121 e. The van der Waals surface area contributed by atoms with E-state index in [1.807, 2.05) is 39.1 Å². The van der Waals surface area contributed by atoms with Crippen LogP contribution in [0.1, 0.15) is 28.6 Å². The molecular formula is C15H19BrN2O2. The van der Waals surface area contributed by atoms with Gasteiger partial charge in [0, 0.05) is 13.5 Å². The van der Waals surface area contributed by atoms with E-state index in [0.717, 1.165) is 32.7 Å². The zero-order chi connectivity index (χ0) is 14.9. The van der Waals surface area contributed by atoms with Crippen LogP contribution < -0.4 is 4.74 Å². The second-order valence-corrected chi connectivity index (χ2v) is 5.71. The number of hydrogen-bond donors (Lipinski definition) is 1. The standard InChI is InChI=1S/C15H19BrN2O2/c1-9-7-11(5-6-14(9)20-4)13(19)8-12-15(16)10(2)17-18(12)3/h5-7,13,19H,8H2,1-4H3. The largest absolute Gasteiger partial charge is 0.496 e. The van der Waals surface area contributed by atoms with Crippen LogP contribution in [0.4, 0.5) is 0 Å². The van der Waals surface area contributed by atoms with Gasteiger partial charge in [0.15, 0.2) is 0 Å². The predicted molar refractivity (Wildman–Crippen MR) is 82.0 cm³/mol. The minimum absolute atomic E-state index is 0.518. The van der Waals surface area contributed by atoms with Gasteiger partial charge in [0.05, 0.1) is 29.1 Å². The summed E-state index contributed by atoms with van der Waals surface area (Å²) in [6, 6.07) is 5.74. The molecule has 0 amide bonds. The molecule has 0 spiro atoms. The molecule has 108 valence electrons. The molecule has 4 nitrogen and oxygen atoms in total. The van der Waals surface area contributed by atoms with Gasteiger partial charge in [-0.3, -0.25) is 4.68 Å². The van der Waals surface area contributed by atoms with Crippen LogP contribution in [0, 0.1) is 13.8 Å². The lowest BCUT2D eigenvalue weighted by molar-refractivity contribution is 0.175. The Balaban J connectivity index is 2.23. The maximum Gasteiger partial charge on any atom is 0.121 e. The molecular weight excluding hydrogens is 320 g/mol. The summed E-state index contributed by atoms with van der Waals surface area (Å²) in [7, 11) is 3.53. The molecule has 0 radical (unpaired) electrons. The first-order valence-electron chi connectivity index (χ1n) is 6.44. The lowest BCUT2D eigenvalue weighted by Crippen LogP contribution is -2.07. The molecule has 0 aliphatic rings. The summed E-state index contributed by atoms with van der Waals surface area (Å²) in [6.07, 6.45) is -0.0466. The highest BCUT2D eigenvalue weighted by molar-refractivity contribution is 9.10. The molecule has 1 unspecified atom stereocenters. The zero-order valence-corrected chi connectivity index (χ0v) is 13.7. The number of ether oxygens (including phenoxy) is 1. The second kappa shape index (κ2) is 5.97. The Kier molecular flexibility index (Phi) is 4.50. The Morgan fingerprint density at radius 1 is 1.40 bits per heavy atom. The monoisotopic (exact) mass is 338 g/mol. The molecule has 1 heterocycles. The van der Waals surface area contributed by atoms with Crippen LogP contribution in [0.15, 0.2) is 22.7 Å². The fraction of sp³-hybridized carbons (Fsp3) is 0.400. The molecule has 1 aromatic carbocycles. The maximum absolute atomic E-state index is 10.4. The molecule has 1 aromatic heterocycles. The molecule has 0 bridgehead atoms. The molecule has 0 saturated heterocycles. The topological polar surface area (TPSA) is 47.3 Å². The summed E-state index contributed by atoms with van der Waals surface area (Å²) >= 11 is 3.52. The summed E-state index contributed by atoms with van der Waals surface area (Å²) in [4.78, 5) is 0. The Morgan fingerprint density at radius 2 is 2.10 bits per heavy atom. The first-order valence-corrected chi connectivity index (χ1v) is 7.24. The molecule has 1 atom stereocenters. The van der Waals surface area contributed by atoms with E-state index in [2.05, 4.69) is 21.0 Å². The quantitative estimate of drug-likeness (QED) is 0.931. The minimum atomic E-state index is -0.564. The number of aryl methyl sites for hydroxylation is 3. The van der Waals surface area contributed by atoms with Crippen molar-refractivity contribution >= 4 is 15.9 Å². The molecule has 0 saturated carbocycles. The summed E-state index contributed by atoms with van der Waals surface area (Å²) in [6.45, 7) is 3.91. The van der Waals surface area contributed by atoms with Crippen LogP contribution in [0.2, 0.25) is 0 Å². The summed E-state index contributed by atoms with van der Waals surface area (Å²) in [5.41, 5.74) is 3.82. The fourth-order valence-electron chi connectivity index (χ4n) is 2.31. The van der Waals surface area contributed by atoms with Crippen LogP contribution in [-0.4, -0.2) is 22.0 Å². The number of hydrogen-bond acceptors (Lipinski definition) is 3.